The van der Waals surface area contributed by atoms with Gasteiger partial charge in [0.15, 0.2) is 0 Å². The number of benzene rings is 1. The van der Waals surface area contributed by atoms with E-state index in [1.807, 2.05) is 24.3 Å². The summed E-state index contributed by atoms with van der Waals surface area (Å²) in [6.45, 7) is 0.495. The van der Waals surface area contributed by atoms with Crippen LogP contribution in [0.2, 0.25) is 0 Å². The molecule has 0 atom stereocenters. The number of imidazole rings is 1. The maximum absolute atomic E-state index is 11.8. The van der Waals surface area contributed by atoms with Gasteiger partial charge in [0.2, 0.25) is 0 Å². The molecule has 6 nitrogen and oxygen atoms in total. The number of aromatic nitrogens is 4. The van der Waals surface area contributed by atoms with Crippen LogP contribution in [0.5, 0.6) is 0 Å². The van der Waals surface area contributed by atoms with Gasteiger partial charge in [-0.1, -0.05) is 12.1 Å². The van der Waals surface area contributed by atoms with Crippen molar-refractivity contribution in [3.8, 4) is 0 Å². The second kappa shape index (κ2) is 5.48. The minimum Gasteiger partial charge on any atom is -0.350 e. The van der Waals surface area contributed by atoms with Gasteiger partial charge in [-0.05, 0) is 12.1 Å². The quantitative estimate of drug-likeness (QED) is 0.747. The highest BCUT2D eigenvalue weighted by molar-refractivity contribution is 5.91. The van der Waals surface area contributed by atoms with Crippen LogP contribution in [0.25, 0.3) is 11.0 Å². The number of fused-ring (bicyclic) bond motifs is 1. The summed E-state index contributed by atoms with van der Waals surface area (Å²) >= 11 is 0. The SMILES string of the molecule is O=C(NCCc1nc2ccccc2[nH]1)c1cnccn1. The molecular weight excluding hydrogens is 254 g/mol. The molecule has 2 heterocycles. The molecule has 0 unspecified atom stereocenters. The molecule has 1 amide bonds. The Balaban J connectivity index is 1.58. The minimum atomic E-state index is -0.228. The Morgan fingerprint density at radius 1 is 1.25 bits per heavy atom. The highest BCUT2D eigenvalue weighted by Gasteiger charge is 2.07. The van der Waals surface area contributed by atoms with E-state index >= 15 is 0 Å². The lowest BCUT2D eigenvalue weighted by Gasteiger charge is -2.02. The summed E-state index contributed by atoms with van der Waals surface area (Å²) in [6, 6.07) is 7.83. The molecule has 2 N–H and O–H groups in total. The van der Waals surface area contributed by atoms with Crippen molar-refractivity contribution in [2.45, 2.75) is 6.42 Å². The molecule has 3 aromatic rings. The van der Waals surface area contributed by atoms with Gasteiger partial charge < -0.3 is 10.3 Å². The van der Waals surface area contributed by atoms with E-state index in [4.69, 9.17) is 0 Å². The number of aromatic amines is 1. The maximum atomic E-state index is 11.8. The smallest absolute Gasteiger partial charge is 0.271 e. The number of hydrogen-bond acceptors (Lipinski definition) is 4. The van der Waals surface area contributed by atoms with Crippen LogP contribution < -0.4 is 5.32 Å². The zero-order valence-electron chi connectivity index (χ0n) is 10.7. The van der Waals surface area contributed by atoms with Gasteiger partial charge in [-0.2, -0.15) is 0 Å². The molecule has 0 radical (unpaired) electrons. The number of carbonyl (C=O) groups excluding carboxylic acids is 1. The predicted molar refractivity (Wildman–Crippen MR) is 74.2 cm³/mol. The molecule has 0 fully saturated rings. The van der Waals surface area contributed by atoms with Crippen LogP contribution in [0.4, 0.5) is 0 Å². The molecule has 20 heavy (non-hydrogen) atoms. The van der Waals surface area contributed by atoms with Crippen molar-refractivity contribution in [2.75, 3.05) is 6.54 Å². The number of amides is 1. The zero-order chi connectivity index (χ0) is 13.8. The predicted octanol–water partition coefficient (Wildman–Crippen LogP) is 1.33. The molecule has 6 heteroatoms. The van der Waals surface area contributed by atoms with Gasteiger partial charge in [-0.25, -0.2) is 9.97 Å². The van der Waals surface area contributed by atoms with Crippen molar-refractivity contribution in [3.63, 3.8) is 0 Å². The van der Waals surface area contributed by atoms with E-state index < -0.39 is 0 Å². The van der Waals surface area contributed by atoms with Gasteiger partial charge in [-0.15, -0.1) is 0 Å². The third-order valence-electron chi connectivity index (χ3n) is 2.88. The number of hydrogen-bond donors (Lipinski definition) is 2. The van der Waals surface area contributed by atoms with Crippen molar-refractivity contribution < 1.29 is 4.79 Å². The normalized spacial score (nSPS) is 10.6. The summed E-state index contributed by atoms with van der Waals surface area (Å²) in [7, 11) is 0. The van der Waals surface area contributed by atoms with Crippen molar-refractivity contribution in [2.24, 2.45) is 0 Å². The first-order valence-electron chi connectivity index (χ1n) is 6.31. The number of nitrogens with one attached hydrogen (secondary N) is 2. The van der Waals surface area contributed by atoms with E-state index in [0.29, 0.717) is 18.7 Å². The largest absolute Gasteiger partial charge is 0.350 e. The van der Waals surface area contributed by atoms with Gasteiger partial charge in [-0.3, -0.25) is 9.78 Å². The number of H-pyrrole nitrogens is 1. The summed E-state index contributed by atoms with van der Waals surface area (Å²) in [5.74, 6) is 0.625. The Kier molecular flexibility index (Phi) is 3.36. The molecule has 0 aliphatic carbocycles. The van der Waals surface area contributed by atoms with E-state index in [-0.39, 0.29) is 5.91 Å². The molecule has 100 valence electrons. The second-order valence-electron chi connectivity index (χ2n) is 4.30. The fourth-order valence-electron chi connectivity index (χ4n) is 1.93. The standard InChI is InChI=1S/C14H13N5O/c20-14(12-9-15-7-8-16-12)17-6-5-13-18-10-3-1-2-4-11(10)19-13/h1-4,7-9H,5-6H2,(H,17,20)(H,18,19). The number of para-hydroxylation sites is 2. The number of nitrogens with zero attached hydrogens (tertiary/aromatic N) is 3. The van der Waals surface area contributed by atoms with Crippen LogP contribution in [0.3, 0.4) is 0 Å². The highest BCUT2D eigenvalue weighted by atomic mass is 16.1. The molecule has 0 bridgehead atoms. The topological polar surface area (TPSA) is 83.6 Å². The Hall–Kier alpha value is -2.76. The first kappa shape index (κ1) is 12.3. The van der Waals surface area contributed by atoms with Crippen LogP contribution >= 0.6 is 0 Å². The van der Waals surface area contributed by atoms with E-state index in [2.05, 4.69) is 25.3 Å². The van der Waals surface area contributed by atoms with Crippen LogP contribution in [0, 0.1) is 0 Å². The van der Waals surface area contributed by atoms with Gasteiger partial charge in [0.1, 0.15) is 11.5 Å². The zero-order valence-corrected chi connectivity index (χ0v) is 10.7. The fraction of sp³-hybridized carbons (Fsp3) is 0.143. The van der Waals surface area contributed by atoms with Crippen molar-refractivity contribution in [3.05, 3.63) is 54.4 Å². The molecule has 0 saturated carbocycles. The van der Waals surface area contributed by atoms with E-state index in [1.165, 1.54) is 18.6 Å². The summed E-state index contributed by atoms with van der Waals surface area (Å²) < 4.78 is 0. The Labute approximate surface area is 115 Å². The minimum absolute atomic E-state index is 0.228. The average molecular weight is 267 g/mol. The van der Waals surface area contributed by atoms with E-state index in [1.54, 1.807) is 0 Å². The molecular formula is C14H13N5O. The van der Waals surface area contributed by atoms with Gasteiger partial charge >= 0.3 is 0 Å². The lowest BCUT2D eigenvalue weighted by atomic mass is 10.3. The first-order chi connectivity index (χ1) is 9.83. The molecule has 1 aromatic carbocycles. The summed E-state index contributed by atoms with van der Waals surface area (Å²) in [6.07, 6.45) is 5.11. The molecule has 0 aliphatic rings. The Morgan fingerprint density at radius 2 is 2.15 bits per heavy atom. The molecule has 0 aliphatic heterocycles. The summed E-state index contributed by atoms with van der Waals surface area (Å²) in [5, 5.41) is 2.79. The van der Waals surface area contributed by atoms with E-state index in [9.17, 15) is 4.79 Å². The maximum Gasteiger partial charge on any atom is 0.271 e. The van der Waals surface area contributed by atoms with Crippen molar-refractivity contribution in [1.29, 1.82) is 0 Å². The molecule has 0 saturated heterocycles. The second-order valence-corrected chi connectivity index (χ2v) is 4.30. The van der Waals surface area contributed by atoms with Crippen LogP contribution in [-0.4, -0.2) is 32.4 Å². The fourth-order valence-corrected chi connectivity index (χ4v) is 1.93. The molecule has 0 spiro atoms. The third kappa shape index (κ3) is 2.64. The van der Waals surface area contributed by atoms with Crippen LogP contribution in [-0.2, 0) is 6.42 Å². The number of carbonyl (C=O) groups is 1. The number of rotatable bonds is 4. The van der Waals surface area contributed by atoms with Crippen LogP contribution in [0.1, 0.15) is 16.3 Å². The van der Waals surface area contributed by atoms with Crippen molar-refractivity contribution in [1.82, 2.24) is 25.3 Å². The van der Waals surface area contributed by atoms with E-state index in [0.717, 1.165) is 16.9 Å². The lowest BCUT2D eigenvalue weighted by molar-refractivity contribution is 0.0948. The molecule has 3 rings (SSSR count). The summed E-state index contributed by atoms with van der Waals surface area (Å²) in [4.78, 5) is 27.2. The lowest BCUT2D eigenvalue weighted by Crippen LogP contribution is -2.26. The highest BCUT2D eigenvalue weighted by Crippen LogP contribution is 2.10. The summed E-state index contributed by atoms with van der Waals surface area (Å²) in [5.41, 5.74) is 2.25. The van der Waals surface area contributed by atoms with Gasteiger partial charge in [0.05, 0.1) is 17.2 Å². The third-order valence-corrected chi connectivity index (χ3v) is 2.88. The van der Waals surface area contributed by atoms with Crippen LogP contribution in [0.15, 0.2) is 42.9 Å². The van der Waals surface area contributed by atoms with Gasteiger partial charge in [0, 0.05) is 25.4 Å². The average Bonchev–Trinajstić information content (AvgIpc) is 2.90. The van der Waals surface area contributed by atoms with Gasteiger partial charge in [0.25, 0.3) is 5.91 Å². The molecule has 2 aromatic heterocycles. The monoisotopic (exact) mass is 267 g/mol. The Bertz CT molecular complexity index is 690. The van der Waals surface area contributed by atoms with Crippen molar-refractivity contribution >= 4 is 16.9 Å². The Morgan fingerprint density at radius 3 is 2.95 bits per heavy atom. The first-order valence-corrected chi connectivity index (χ1v) is 6.31.